The second-order valence-electron chi connectivity index (χ2n) is 6.01. The first-order chi connectivity index (χ1) is 10.1. The highest BCUT2D eigenvalue weighted by atomic mass is 32.1. The molecule has 0 spiro atoms. The third kappa shape index (κ3) is 2.41. The van der Waals surface area contributed by atoms with E-state index < -0.39 is 5.60 Å². The fourth-order valence-electron chi connectivity index (χ4n) is 3.02. The van der Waals surface area contributed by atoms with Crippen LogP contribution in [-0.4, -0.2) is 49.9 Å². The van der Waals surface area contributed by atoms with Gasteiger partial charge in [-0.15, -0.1) is 0 Å². The summed E-state index contributed by atoms with van der Waals surface area (Å²) in [6.07, 6.45) is 2.24. The summed E-state index contributed by atoms with van der Waals surface area (Å²) in [5.74, 6) is 0.375. The number of aliphatic hydroxyl groups is 1. The average Bonchev–Trinajstić information content (AvgIpc) is 3.16. The number of likely N-dealkylation sites (tertiary alicyclic amines) is 1. The van der Waals surface area contributed by atoms with Crippen molar-refractivity contribution in [3.8, 4) is 0 Å². The molecule has 0 bridgehead atoms. The molecule has 2 N–H and O–H groups in total. The van der Waals surface area contributed by atoms with E-state index in [-0.39, 0.29) is 5.91 Å². The quantitative estimate of drug-likeness (QED) is 0.884. The molecule has 1 saturated heterocycles. The summed E-state index contributed by atoms with van der Waals surface area (Å²) in [5.41, 5.74) is 1.68. The first-order valence-electron chi connectivity index (χ1n) is 7.10. The number of nitrogens with zero attached hydrogens (tertiary/aromatic N) is 3. The molecule has 110 valence electrons. The molecule has 1 amide bonds. The summed E-state index contributed by atoms with van der Waals surface area (Å²) in [6, 6.07) is 5.56. The zero-order chi connectivity index (χ0) is 14.4. The van der Waals surface area contributed by atoms with Gasteiger partial charge in [-0.05, 0) is 30.9 Å². The van der Waals surface area contributed by atoms with Crippen LogP contribution in [0.1, 0.15) is 12.8 Å². The number of benzene rings is 1. The molecule has 0 atom stereocenters. The van der Waals surface area contributed by atoms with Crippen LogP contribution in [0.2, 0.25) is 0 Å². The highest BCUT2D eigenvalue weighted by Gasteiger charge is 2.51. The highest BCUT2D eigenvalue weighted by molar-refractivity contribution is 7.00. The molecule has 1 aliphatic carbocycles. The Balaban J connectivity index is 1.37. The lowest BCUT2D eigenvalue weighted by atomic mass is 9.89. The molecule has 2 fully saturated rings. The van der Waals surface area contributed by atoms with Crippen LogP contribution in [0, 0.1) is 5.92 Å². The van der Waals surface area contributed by atoms with Crippen molar-refractivity contribution in [3.05, 3.63) is 18.2 Å². The Hall–Kier alpha value is -1.57. The van der Waals surface area contributed by atoms with E-state index in [1.807, 2.05) is 23.1 Å². The number of aromatic nitrogens is 2. The van der Waals surface area contributed by atoms with Gasteiger partial charge in [-0.3, -0.25) is 9.69 Å². The number of β-amino-alcohol motifs (C(OH)–C–C–N with tert-alkyl or cyclic N) is 1. The van der Waals surface area contributed by atoms with E-state index >= 15 is 0 Å². The minimum atomic E-state index is -0.543. The largest absolute Gasteiger partial charge is 0.387 e. The van der Waals surface area contributed by atoms with Crippen LogP contribution in [-0.2, 0) is 4.79 Å². The van der Waals surface area contributed by atoms with Crippen LogP contribution in [0.15, 0.2) is 18.2 Å². The molecular formula is C14H16N4O2S. The van der Waals surface area contributed by atoms with Gasteiger partial charge in [0.15, 0.2) is 0 Å². The lowest BCUT2D eigenvalue weighted by molar-refractivity contribution is -0.132. The van der Waals surface area contributed by atoms with Crippen molar-refractivity contribution in [2.75, 3.05) is 25.0 Å². The van der Waals surface area contributed by atoms with Gasteiger partial charge >= 0.3 is 0 Å². The Bertz CT molecular complexity index is 691. The smallest absolute Gasteiger partial charge is 0.238 e. The first kappa shape index (κ1) is 13.1. The van der Waals surface area contributed by atoms with Crippen molar-refractivity contribution in [1.29, 1.82) is 0 Å². The number of carbonyl (C=O) groups excluding carboxylic acids is 1. The topological polar surface area (TPSA) is 78.4 Å². The number of hydrogen-bond donors (Lipinski definition) is 2. The van der Waals surface area contributed by atoms with E-state index in [1.165, 1.54) is 0 Å². The molecule has 2 heterocycles. The van der Waals surface area contributed by atoms with Crippen molar-refractivity contribution in [1.82, 2.24) is 13.6 Å². The van der Waals surface area contributed by atoms with Gasteiger partial charge in [0.05, 0.1) is 29.6 Å². The number of hydrogen-bond acceptors (Lipinski definition) is 6. The standard InChI is InChI=1S/C14H16N4O2S/c19-12(6-18-7-14(20,8-18)9-4-5-9)15-10-2-1-3-11-13(10)17-21-16-11/h1-3,9,20H,4-8H2,(H,15,19). The Kier molecular flexibility index (Phi) is 2.95. The predicted molar refractivity (Wildman–Crippen MR) is 80.2 cm³/mol. The van der Waals surface area contributed by atoms with E-state index in [4.69, 9.17) is 0 Å². The van der Waals surface area contributed by atoms with Crippen LogP contribution in [0.3, 0.4) is 0 Å². The van der Waals surface area contributed by atoms with Crippen LogP contribution in [0.25, 0.3) is 11.0 Å². The summed E-state index contributed by atoms with van der Waals surface area (Å²) in [5, 5.41) is 13.1. The molecule has 2 aromatic rings. The van der Waals surface area contributed by atoms with Gasteiger partial charge in [0.25, 0.3) is 0 Å². The molecule has 1 aromatic heterocycles. The molecule has 4 rings (SSSR count). The van der Waals surface area contributed by atoms with E-state index in [0.29, 0.717) is 31.2 Å². The molecule has 1 aromatic carbocycles. The van der Waals surface area contributed by atoms with E-state index in [1.54, 1.807) is 0 Å². The van der Waals surface area contributed by atoms with E-state index in [0.717, 1.165) is 35.6 Å². The lowest BCUT2D eigenvalue weighted by Gasteiger charge is -2.46. The van der Waals surface area contributed by atoms with Gasteiger partial charge in [-0.25, -0.2) is 0 Å². The average molecular weight is 304 g/mol. The van der Waals surface area contributed by atoms with Gasteiger partial charge in [-0.1, -0.05) is 6.07 Å². The van der Waals surface area contributed by atoms with Crippen molar-refractivity contribution in [2.45, 2.75) is 18.4 Å². The summed E-state index contributed by atoms with van der Waals surface area (Å²) in [6.45, 7) is 1.52. The zero-order valence-electron chi connectivity index (χ0n) is 11.5. The van der Waals surface area contributed by atoms with Crippen LogP contribution in [0.4, 0.5) is 5.69 Å². The Labute approximate surface area is 126 Å². The van der Waals surface area contributed by atoms with E-state index in [9.17, 15) is 9.90 Å². The third-order valence-electron chi connectivity index (χ3n) is 4.26. The fourth-order valence-corrected chi connectivity index (χ4v) is 3.57. The Morgan fingerprint density at radius 3 is 3.00 bits per heavy atom. The van der Waals surface area contributed by atoms with Crippen LogP contribution in [0.5, 0.6) is 0 Å². The van der Waals surface area contributed by atoms with Crippen molar-refractivity contribution in [2.24, 2.45) is 5.92 Å². The molecule has 6 nitrogen and oxygen atoms in total. The van der Waals surface area contributed by atoms with Crippen molar-refractivity contribution in [3.63, 3.8) is 0 Å². The minimum absolute atomic E-state index is 0.0756. The first-order valence-corrected chi connectivity index (χ1v) is 7.83. The normalized spacial score (nSPS) is 21.2. The summed E-state index contributed by atoms with van der Waals surface area (Å²) >= 11 is 1.14. The predicted octanol–water partition coefficient (Wildman–Crippen LogP) is 1.09. The molecule has 0 unspecified atom stereocenters. The molecule has 2 aliphatic rings. The third-order valence-corrected chi connectivity index (χ3v) is 4.80. The van der Waals surface area contributed by atoms with Crippen molar-refractivity contribution >= 4 is 34.4 Å². The second-order valence-corrected chi connectivity index (χ2v) is 6.54. The summed E-state index contributed by atoms with van der Waals surface area (Å²) in [4.78, 5) is 14.1. The van der Waals surface area contributed by atoms with Gasteiger partial charge < -0.3 is 10.4 Å². The second kappa shape index (κ2) is 4.72. The maximum absolute atomic E-state index is 12.1. The number of fused-ring (bicyclic) bond motifs is 1. The number of nitrogens with one attached hydrogen (secondary N) is 1. The van der Waals surface area contributed by atoms with Crippen LogP contribution < -0.4 is 5.32 Å². The number of rotatable bonds is 4. The maximum atomic E-state index is 12.1. The summed E-state index contributed by atoms with van der Waals surface area (Å²) < 4.78 is 8.36. The van der Waals surface area contributed by atoms with Crippen LogP contribution >= 0.6 is 11.7 Å². The number of amides is 1. The SMILES string of the molecule is O=C(CN1CC(O)(C2CC2)C1)Nc1cccc2nsnc12. The Morgan fingerprint density at radius 1 is 1.43 bits per heavy atom. The minimum Gasteiger partial charge on any atom is -0.387 e. The molecule has 1 aliphatic heterocycles. The van der Waals surface area contributed by atoms with Gasteiger partial charge in [0.2, 0.25) is 5.91 Å². The van der Waals surface area contributed by atoms with Gasteiger partial charge in [-0.2, -0.15) is 8.75 Å². The van der Waals surface area contributed by atoms with Gasteiger partial charge in [0.1, 0.15) is 11.0 Å². The monoisotopic (exact) mass is 304 g/mol. The lowest BCUT2D eigenvalue weighted by Crippen LogP contribution is -2.64. The van der Waals surface area contributed by atoms with Gasteiger partial charge in [0, 0.05) is 13.1 Å². The molecule has 21 heavy (non-hydrogen) atoms. The number of anilines is 1. The molecule has 0 radical (unpaired) electrons. The summed E-state index contributed by atoms with van der Waals surface area (Å²) in [7, 11) is 0. The maximum Gasteiger partial charge on any atom is 0.238 e. The Morgan fingerprint density at radius 2 is 2.24 bits per heavy atom. The fraction of sp³-hybridized carbons (Fsp3) is 0.500. The zero-order valence-corrected chi connectivity index (χ0v) is 12.3. The molecular weight excluding hydrogens is 288 g/mol. The number of carbonyl (C=O) groups is 1. The molecule has 1 saturated carbocycles. The highest BCUT2D eigenvalue weighted by Crippen LogP contribution is 2.44. The molecule has 7 heteroatoms. The van der Waals surface area contributed by atoms with E-state index in [2.05, 4.69) is 14.1 Å². The van der Waals surface area contributed by atoms with Crippen molar-refractivity contribution < 1.29 is 9.90 Å².